The number of aliphatic hydroxyl groups excluding tert-OH is 1. The summed E-state index contributed by atoms with van der Waals surface area (Å²) in [7, 11) is 0. The fourth-order valence-electron chi connectivity index (χ4n) is 2.05. The molecular weight excluding hydrogens is 401 g/mol. The number of alkyl halides is 3. The molecule has 0 aliphatic heterocycles. The molecule has 0 unspecified atom stereocenters. The SMILES string of the molecule is Fc1cc(-c2ncon2)ccc1C(F)(F)F.O=C(NCCO)c1ccc(F)cc1. The second-order valence-corrected chi connectivity index (χ2v) is 5.43. The molecule has 0 atom stereocenters. The second-order valence-electron chi connectivity index (χ2n) is 5.43. The van der Waals surface area contributed by atoms with Crippen molar-refractivity contribution in [2.24, 2.45) is 0 Å². The Kier molecular flexibility index (Phi) is 7.37. The molecule has 3 rings (SSSR count). The van der Waals surface area contributed by atoms with E-state index in [1.165, 1.54) is 24.3 Å². The van der Waals surface area contributed by atoms with E-state index in [1.54, 1.807) is 0 Å². The van der Waals surface area contributed by atoms with E-state index in [0.29, 0.717) is 17.7 Å². The minimum Gasteiger partial charge on any atom is -0.395 e. The topological polar surface area (TPSA) is 88.2 Å². The van der Waals surface area contributed by atoms with Crippen molar-refractivity contribution in [1.29, 1.82) is 0 Å². The maximum absolute atomic E-state index is 13.1. The van der Waals surface area contributed by atoms with Gasteiger partial charge in [-0.25, -0.2) is 8.78 Å². The van der Waals surface area contributed by atoms with Crippen LogP contribution in [0.2, 0.25) is 0 Å². The van der Waals surface area contributed by atoms with E-state index >= 15 is 0 Å². The maximum atomic E-state index is 13.1. The zero-order valence-electron chi connectivity index (χ0n) is 14.6. The molecule has 0 aliphatic carbocycles. The van der Waals surface area contributed by atoms with Crippen molar-refractivity contribution >= 4 is 5.91 Å². The first kappa shape index (κ1) is 22.0. The number of hydrogen-bond donors (Lipinski definition) is 2. The first-order chi connectivity index (χ1) is 13.7. The molecule has 0 saturated carbocycles. The Bertz CT molecular complexity index is 929. The van der Waals surface area contributed by atoms with Crippen LogP contribution in [0.3, 0.4) is 0 Å². The summed E-state index contributed by atoms with van der Waals surface area (Å²) < 4.78 is 66.7. The van der Waals surface area contributed by atoms with Gasteiger partial charge in [0, 0.05) is 17.7 Å². The summed E-state index contributed by atoms with van der Waals surface area (Å²) in [6, 6.07) is 7.65. The van der Waals surface area contributed by atoms with Crippen LogP contribution in [-0.4, -0.2) is 34.3 Å². The van der Waals surface area contributed by atoms with Gasteiger partial charge in [0.05, 0.1) is 12.2 Å². The van der Waals surface area contributed by atoms with Crippen molar-refractivity contribution in [1.82, 2.24) is 15.5 Å². The predicted molar refractivity (Wildman–Crippen MR) is 90.5 cm³/mol. The predicted octanol–water partition coefficient (Wildman–Crippen LogP) is 3.44. The van der Waals surface area contributed by atoms with Crippen LogP contribution in [0.1, 0.15) is 15.9 Å². The number of nitrogens with zero attached hydrogens (tertiary/aromatic N) is 2. The van der Waals surface area contributed by atoms with Crippen molar-refractivity contribution in [3.63, 3.8) is 0 Å². The molecule has 6 nitrogen and oxygen atoms in total. The van der Waals surface area contributed by atoms with Crippen molar-refractivity contribution in [3.8, 4) is 11.4 Å². The van der Waals surface area contributed by atoms with Crippen LogP contribution in [0.4, 0.5) is 22.0 Å². The number of hydrogen-bond acceptors (Lipinski definition) is 5. The number of amides is 1. The van der Waals surface area contributed by atoms with E-state index in [0.717, 1.165) is 12.5 Å². The highest BCUT2D eigenvalue weighted by Crippen LogP contribution is 2.32. The Balaban J connectivity index is 0.000000212. The van der Waals surface area contributed by atoms with Gasteiger partial charge in [-0.1, -0.05) is 11.2 Å². The number of carbonyl (C=O) groups excluding carboxylic acids is 1. The highest BCUT2D eigenvalue weighted by atomic mass is 19.4. The molecule has 0 radical (unpaired) electrons. The monoisotopic (exact) mass is 415 g/mol. The van der Waals surface area contributed by atoms with Crippen LogP contribution < -0.4 is 5.32 Å². The molecule has 29 heavy (non-hydrogen) atoms. The lowest BCUT2D eigenvalue weighted by molar-refractivity contribution is -0.139. The number of benzene rings is 2. The van der Waals surface area contributed by atoms with Gasteiger partial charge in [-0.15, -0.1) is 0 Å². The van der Waals surface area contributed by atoms with Crippen LogP contribution in [0.5, 0.6) is 0 Å². The van der Waals surface area contributed by atoms with E-state index in [-0.39, 0.29) is 36.3 Å². The van der Waals surface area contributed by atoms with Crippen molar-refractivity contribution in [2.75, 3.05) is 13.2 Å². The number of nitrogens with one attached hydrogen (secondary N) is 1. The third-order valence-electron chi connectivity index (χ3n) is 3.40. The summed E-state index contributed by atoms with van der Waals surface area (Å²) in [5, 5.41) is 14.3. The van der Waals surface area contributed by atoms with Gasteiger partial charge in [0.25, 0.3) is 5.91 Å². The van der Waals surface area contributed by atoms with Gasteiger partial charge in [0.1, 0.15) is 11.6 Å². The van der Waals surface area contributed by atoms with Gasteiger partial charge >= 0.3 is 6.18 Å². The van der Waals surface area contributed by atoms with Crippen LogP contribution in [0.25, 0.3) is 11.4 Å². The molecule has 154 valence electrons. The summed E-state index contributed by atoms with van der Waals surface area (Å²) >= 11 is 0. The van der Waals surface area contributed by atoms with E-state index in [2.05, 4.69) is 20.0 Å². The van der Waals surface area contributed by atoms with Gasteiger partial charge in [0.15, 0.2) is 0 Å². The second kappa shape index (κ2) is 9.73. The van der Waals surface area contributed by atoms with Crippen molar-refractivity contribution < 1.29 is 36.4 Å². The standard InChI is InChI=1S/C9H4F4N2O.C9H10FNO2/c10-7-3-5(8-14-4-16-15-8)1-2-6(7)9(11,12)13;10-8-3-1-7(2-4-8)9(13)11-5-6-12/h1-4H;1-4,12H,5-6H2,(H,11,13). The molecule has 0 bridgehead atoms. The number of aliphatic hydroxyl groups is 1. The van der Waals surface area contributed by atoms with E-state index in [4.69, 9.17) is 5.11 Å². The first-order valence-electron chi connectivity index (χ1n) is 8.00. The largest absolute Gasteiger partial charge is 0.419 e. The van der Waals surface area contributed by atoms with Crippen LogP contribution in [-0.2, 0) is 6.18 Å². The fourth-order valence-corrected chi connectivity index (χ4v) is 2.05. The van der Waals surface area contributed by atoms with E-state index in [9.17, 15) is 26.7 Å². The van der Waals surface area contributed by atoms with Crippen molar-refractivity contribution in [2.45, 2.75) is 6.18 Å². The Morgan fingerprint density at radius 3 is 2.31 bits per heavy atom. The van der Waals surface area contributed by atoms with E-state index < -0.39 is 17.6 Å². The summed E-state index contributed by atoms with van der Waals surface area (Å²) in [4.78, 5) is 14.8. The normalized spacial score (nSPS) is 10.8. The number of halogens is 5. The zero-order chi connectivity index (χ0) is 21.4. The molecule has 0 aliphatic rings. The Hall–Kier alpha value is -3.34. The molecule has 1 heterocycles. The molecule has 1 aromatic heterocycles. The average molecular weight is 415 g/mol. The zero-order valence-corrected chi connectivity index (χ0v) is 14.6. The third kappa shape index (κ3) is 6.35. The van der Waals surface area contributed by atoms with Gasteiger partial charge < -0.3 is 14.9 Å². The maximum Gasteiger partial charge on any atom is 0.419 e. The van der Waals surface area contributed by atoms with Gasteiger partial charge in [-0.2, -0.15) is 18.2 Å². The third-order valence-corrected chi connectivity index (χ3v) is 3.40. The fraction of sp³-hybridized carbons (Fsp3) is 0.167. The minimum atomic E-state index is -4.71. The number of carbonyl (C=O) groups is 1. The summed E-state index contributed by atoms with van der Waals surface area (Å²) in [5.74, 6) is -2.02. The summed E-state index contributed by atoms with van der Waals surface area (Å²) in [5.41, 5.74) is -0.811. The van der Waals surface area contributed by atoms with Gasteiger partial charge in [-0.3, -0.25) is 4.79 Å². The van der Waals surface area contributed by atoms with Crippen molar-refractivity contribution in [3.05, 3.63) is 71.6 Å². The smallest absolute Gasteiger partial charge is 0.395 e. The molecule has 11 heteroatoms. The highest BCUT2D eigenvalue weighted by Gasteiger charge is 2.34. The molecule has 0 spiro atoms. The van der Waals surface area contributed by atoms with E-state index in [1.807, 2.05) is 0 Å². The molecule has 3 aromatic rings. The lowest BCUT2D eigenvalue weighted by Crippen LogP contribution is -2.26. The quantitative estimate of drug-likeness (QED) is 0.638. The number of aromatic nitrogens is 2. The first-order valence-corrected chi connectivity index (χ1v) is 8.00. The molecule has 2 aromatic carbocycles. The Labute approximate surface area is 161 Å². The average Bonchev–Trinajstić information content (AvgIpc) is 3.21. The Morgan fingerprint density at radius 2 is 1.79 bits per heavy atom. The van der Waals surface area contributed by atoms with Crippen LogP contribution in [0, 0.1) is 11.6 Å². The Morgan fingerprint density at radius 1 is 1.10 bits per heavy atom. The minimum absolute atomic E-state index is 0.0348. The lowest BCUT2D eigenvalue weighted by atomic mass is 10.1. The number of rotatable bonds is 4. The lowest BCUT2D eigenvalue weighted by Gasteiger charge is -2.07. The van der Waals surface area contributed by atoms with Gasteiger partial charge in [-0.05, 0) is 36.4 Å². The molecule has 2 N–H and O–H groups in total. The highest BCUT2D eigenvalue weighted by molar-refractivity contribution is 5.94. The molecule has 1 amide bonds. The summed E-state index contributed by atoms with van der Waals surface area (Å²) in [6.07, 6.45) is -3.70. The molecular formula is C18H14F5N3O3. The molecule has 0 fully saturated rings. The summed E-state index contributed by atoms with van der Waals surface area (Å²) in [6.45, 7) is 0.100. The van der Waals surface area contributed by atoms with Crippen LogP contribution >= 0.6 is 0 Å². The van der Waals surface area contributed by atoms with Crippen LogP contribution in [0.15, 0.2) is 53.4 Å². The molecule has 0 saturated heterocycles. The van der Waals surface area contributed by atoms with Gasteiger partial charge in [0.2, 0.25) is 12.2 Å².